The van der Waals surface area contributed by atoms with Gasteiger partial charge in [-0.15, -0.1) is 0 Å². The Balaban J connectivity index is 2.22. The van der Waals surface area contributed by atoms with Gasteiger partial charge in [0.1, 0.15) is 10.8 Å². The number of hydrogen-bond donors (Lipinski definition) is 0. The third-order valence-corrected chi connectivity index (χ3v) is 5.31. The molecular formula is C21H27ClN2O6. The minimum Gasteiger partial charge on any atom is -0.460 e. The van der Waals surface area contributed by atoms with Crippen LogP contribution in [0.4, 0.5) is 10.5 Å². The summed E-state index contributed by atoms with van der Waals surface area (Å²) in [6.07, 6.45) is 1.48. The van der Waals surface area contributed by atoms with Crippen molar-refractivity contribution in [1.29, 1.82) is 0 Å². The molecule has 2 aromatic heterocycles. The average molecular weight is 439 g/mol. The van der Waals surface area contributed by atoms with E-state index in [0.29, 0.717) is 41.8 Å². The zero-order valence-electron chi connectivity index (χ0n) is 17.7. The average Bonchev–Trinajstić information content (AvgIpc) is 3.08. The summed E-state index contributed by atoms with van der Waals surface area (Å²) < 4.78 is 22.2. The van der Waals surface area contributed by atoms with Gasteiger partial charge < -0.3 is 18.6 Å². The van der Waals surface area contributed by atoms with Gasteiger partial charge in [0, 0.05) is 12.6 Å². The fourth-order valence-electron chi connectivity index (χ4n) is 3.77. The molecule has 1 fully saturated rings. The van der Waals surface area contributed by atoms with E-state index in [1.165, 1.54) is 4.90 Å². The minimum atomic E-state index is -0.660. The third kappa shape index (κ3) is 4.39. The van der Waals surface area contributed by atoms with Crippen LogP contribution >= 0.6 is 11.6 Å². The van der Waals surface area contributed by atoms with Crippen LogP contribution in [0.1, 0.15) is 56.3 Å². The lowest BCUT2D eigenvalue weighted by Gasteiger charge is -2.36. The second-order valence-corrected chi connectivity index (χ2v) is 7.44. The fourth-order valence-corrected chi connectivity index (χ4v) is 4.01. The van der Waals surface area contributed by atoms with E-state index in [0.717, 1.165) is 6.42 Å². The number of amides is 1. The minimum absolute atomic E-state index is 0.0110. The monoisotopic (exact) mass is 438 g/mol. The van der Waals surface area contributed by atoms with Crippen LogP contribution < -0.4 is 4.90 Å². The highest BCUT2D eigenvalue weighted by atomic mass is 35.5. The highest BCUT2D eigenvalue weighted by Gasteiger charge is 2.38. The molecule has 3 heterocycles. The third-order valence-electron chi connectivity index (χ3n) is 5.11. The molecule has 1 amide bonds. The van der Waals surface area contributed by atoms with Gasteiger partial charge in [-0.1, -0.05) is 18.5 Å². The number of halogens is 1. The van der Waals surface area contributed by atoms with Gasteiger partial charge >= 0.3 is 12.1 Å². The molecule has 2 aromatic rings. The number of esters is 1. The predicted molar refractivity (Wildman–Crippen MR) is 112 cm³/mol. The van der Waals surface area contributed by atoms with Crippen LogP contribution in [0.2, 0.25) is 5.15 Å². The molecule has 0 saturated carbocycles. The maximum absolute atomic E-state index is 13.1. The Hall–Kier alpha value is -2.32. The summed E-state index contributed by atoms with van der Waals surface area (Å²) in [4.78, 5) is 31.6. The lowest BCUT2D eigenvalue weighted by Crippen LogP contribution is -2.46. The standard InChI is InChI=1S/C21H27ClN2O6/c1-5-14-10-13(8-9-29-14)24(21(26)28-7-3)17-15-11-16(22)23-12(4)18(15)30-19(17)20(25)27-6-2/h11,13-14H,5-10H2,1-4H3. The Labute approximate surface area is 180 Å². The molecule has 0 aliphatic carbocycles. The number of pyridine rings is 1. The van der Waals surface area contributed by atoms with Crippen molar-refractivity contribution in [1.82, 2.24) is 4.98 Å². The van der Waals surface area contributed by atoms with Crippen LogP contribution in [0.25, 0.3) is 11.0 Å². The zero-order chi connectivity index (χ0) is 21.8. The maximum atomic E-state index is 13.1. The number of carbonyl (C=O) groups is 2. The van der Waals surface area contributed by atoms with Gasteiger partial charge in [0.25, 0.3) is 0 Å². The predicted octanol–water partition coefficient (Wildman–Crippen LogP) is 4.89. The van der Waals surface area contributed by atoms with Gasteiger partial charge in [0.2, 0.25) is 5.76 Å². The van der Waals surface area contributed by atoms with Crippen LogP contribution in [0, 0.1) is 6.92 Å². The molecule has 3 rings (SSSR count). The van der Waals surface area contributed by atoms with E-state index in [2.05, 4.69) is 4.98 Å². The Morgan fingerprint density at radius 3 is 2.67 bits per heavy atom. The SMILES string of the molecule is CCOC(=O)c1oc2c(C)nc(Cl)cc2c1N(C(=O)OCC)C1CCOC(CC)C1. The lowest BCUT2D eigenvalue weighted by molar-refractivity contribution is 0.00465. The van der Waals surface area contributed by atoms with Crippen molar-refractivity contribution < 1.29 is 28.2 Å². The number of aromatic nitrogens is 1. The van der Waals surface area contributed by atoms with Gasteiger partial charge in [0.15, 0.2) is 5.58 Å². The van der Waals surface area contributed by atoms with Gasteiger partial charge in [-0.05, 0) is 46.1 Å². The molecular weight excluding hydrogens is 412 g/mol. The molecule has 164 valence electrons. The van der Waals surface area contributed by atoms with Gasteiger partial charge in [-0.25, -0.2) is 14.6 Å². The molecule has 2 unspecified atom stereocenters. The molecule has 1 aliphatic heterocycles. The van der Waals surface area contributed by atoms with Crippen molar-refractivity contribution in [2.45, 2.75) is 59.1 Å². The van der Waals surface area contributed by atoms with Gasteiger partial charge in [-0.3, -0.25) is 4.90 Å². The highest BCUT2D eigenvalue weighted by molar-refractivity contribution is 6.30. The van der Waals surface area contributed by atoms with E-state index in [1.54, 1.807) is 26.8 Å². The number of nitrogens with zero attached hydrogens (tertiary/aromatic N) is 2. The van der Waals surface area contributed by atoms with Crippen LogP contribution in [-0.2, 0) is 14.2 Å². The number of ether oxygens (including phenoxy) is 3. The molecule has 30 heavy (non-hydrogen) atoms. The molecule has 1 aliphatic rings. The Morgan fingerprint density at radius 2 is 2.00 bits per heavy atom. The largest absolute Gasteiger partial charge is 0.460 e. The van der Waals surface area contributed by atoms with Crippen molar-refractivity contribution in [2.75, 3.05) is 24.7 Å². The summed E-state index contributed by atoms with van der Waals surface area (Å²) in [5, 5.41) is 0.753. The van der Waals surface area contributed by atoms with Crippen molar-refractivity contribution in [3.63, 3.8) is 0 Å². The molecule has 2 atom stereocenters. The van der Waals surface area contributed by atoms with Crippen molar-refractivity contribution >= 4 is 40.3 Å². The summed E-state index contributed by atoms with van der Waals surface area (Å²) in [7, 11) is 0. The van der Waals surface area contributed by atoms with Crippen molar-refractivity contribution in [3.05, 3.63) is 22.7 Å². The van der Waals surface area contributed by atoms with E-state index in [-0.39, 0.29) is 36.3 Å². The van der Waals surface area contributed by atoms with Crippen LogP contribution in [-0.4, -0.2) is 49.0 Å². The second-order valence-electron chi connectivity index (χ2n) is 7.06. The number of hydrogen-bond acceptors (Lipinski definition) is 7. The van der Waals surface area contributed by atoms with E-state index in [4.69, 9.17) is 30.2 Å². The van der Waals surface area contributed by atoms with Gasteiger partial charge in [0.05, 0.1) is 30.4 Å². The number of anilines is 1. The topological polar surface area (TPSA) is 91.1 Å². The van der Waals surface area contributed by atoms with E-state index in [9.17, 15) is 9.59 Å². The Kier molecular flexibility index (Phi) is 7.20. The number of fused-ring (bicyclic) bond motifs is 1. The first-order valence-corrected chi connectivity index (χ1v) is 10.6. The van der Waals surface area contributed by atoms with Crippen LogP contribution in [0.5, 0.6) is 0 Å². The maximum Gasteiger partial charge on any atom is 0.414 e. The summed E-state index contributed by atoms with van der Waals surface area (Å²) in [5.74, 6) is -0.723. The van der Waals surface area contributed by atoms with E-state index in [1.807, 2.05) is 6.92 Å². The van der Waals surface area contributed by atoms with Crippen LogP contribution in [0.15, 0.2) is 10.5 Å². The molecule has 0 bridgehead atoms. The van der Waals surface area contributed by atoms with Crippen LogP contribution in [0.3, 0.4) is 0 Å². The molecule has 0 spiro atoms. The summed E-state index contributed by atoms with van der Waals surface area (Å²) in [6.45, 7) is 8.08. The number of aryl methyl sites for hydroxylation is 1. The summed E-state index contributed by atoms with van der Waals surface area (Å²) >= 11 is 6.20. The Bertz CT molecular complexity index is 928. The van der Waals surface area contributed by atoms with Crippen molar-refractivity contribution in [2.24, 2.45) is 0 Å². The van der Waals surface area contributed by atoms with E-state index >= 15 is 0 Å². The zero-order valence-corrected chi connectivity index (χ0v) is 18.5. The number of rotatable bonds is 6. The first-order valence-electron chi connectivity index (χ1n) is 10.2. The first kappa shape index (κ1) is 22.4. The smallest absolute Gasteiger partial charge is 0.414 e. The summed E-state index contributed by atoms with van der Waals surface area (Å²) in [5.41, 5.74) is 1.19. The normalized spacial score (nSPS) is 19.0. The highest BCUT2D eigenvalue weighted by Crippen LogP contribution is 2.40. The van der Waals surface area contributed by atoms with Crippen molar-refractivity contribution in [3.8, 4) is 0 Å². The lowest BCUT2D eigenvalue weighted by atomic mass is 9.99. The molecule has 9 heteroatoms. The van der Waals surface area contributed by atoms with Gasteiger partial charge in [-0.2, -0.15) is 0 Å². The molecule has 1 saturated heterocycles. The second kappa shape index (κ2) is 9.66. The molecule has 0 radical (unpaired) electrons. The number of furan rings is 1. The molecule has 8 nitrogen and oxygen atoms in total. The molecule has 0 N–H and O–H groups in total. The Morgan fingerprint density at radius 1 is 1.27 bits per heavy atom. The number of carbonyl (C=O) groups excluding carboxylic acids is 2. The summed E-state index contributed by atoms with van der Waals surface area (Å²) in [6, 6.07) is 1.36. The fraction of sp³-hybridized carbons (Fsp3) is 0.571. The molecule has 0 aromatic carbocycles. The quantitative estimate of drug-likeness (QED) is 0.468. The first-order chi connectivity index (χ1) is 14.4. The van der Waals surface area contributed by atoms with E-state index < -0.39 is 12.1 Å².